The lowest BCUT2D eigenvalue weighted by atomic mass is 10.2. The van der Waals surface area contributed by atoms with Gasteiger partial charge in [-0.1, -0.05) is 0 Å². The van der Waals surface area contributed by atoms with E-state index in [1.807, 2.05) is 37.3 Å². The number of hydrogen-bond donors (Lipinski definition) is 2. The van der Waals surface area contributed by atoms with Gasteiger partial charge in [-0.15, -0.1) is 0 Å². The molecule has 3 heterocycles. The van der Waals surface area contributed by atoms with Crippen LogP contribution in [0.2, 0.25) is 0 Å². The molecule has 4 rings (SSSR count). The van der Waals surface area contributed by atoms with E-state index in [0.717, 1.165) is 36.2 Å². The number of anilines is 4. The van der Waals surface area contributed by atoms with Crippen LogP contribution in [0.1, 0.15) is 29.2 Å². The molecule has 1 aliphatic rings. The Labute approximate surface area is 171 Å². The van der Waals surface area contributed by atoms with Gasteiger partial charge in [-0.2, -0.15) is 0 Å². The van der Waals surface area contributed by atoms with Crippen molar-refractivity contribution in [2.24, 2.45) is 0 Å². The van der Waals surface area contributed by atoms with E-state index in [4.69, 9.17) is 4.42 Å². The van der Waals surface area contributed by atoms with Crippen LogP contribution in [-0.4, -0.2) is 29.0 Å². The molecule has 0 saturated carbocycles. The molecule has 1 amide bonds. The number of aryl methyl sites for hydroxylation is 1. The number of carbonyl (C=O) groups is 1. The Morgan fingerprint density at radius 3 is 2.46 bits per heavy atom. The molecule has 0 unspecified atom stereocenters. The fourth-order valence-electron chi connectivity index (χ4n) is 3.14. The van der Waals surface area contributed by atoms with E-state index in [9.17, 15) is 4.79 Å². The predicted molar refractivity (Wildman–Crippen MR) is 112 cm³/mol. The lowest BCUT2D eigenvalue weighted by molar-refractivity contribution is 0.0995. The van der Waals surface area contributed by atoms with Crippen LogP contribution < -0.4 is 15.5 Å². The van der Waals surface area contributed by atoms with Gasteiger partial charge in [0.2, 0.25) is 0 Å². The molecule has 3 aromatic rings. The van der Waals surface area contributed by atoms with Crippen molar-refractivity contribution in [1.82, 2.24) is 9.97 Å². The number of hydrogen-bond acceptors (Lipinski definition) is 6. The van der Waals surface area contributed by atoms with Gasteiger partial charge >= 0.3 is 0 Å². The van der Waals surface area contributed by atoms with Crippen molar-refractivity contribution in [3.8, 4) is 0 Å². The van der Waals surface area contributed by atoms with Crippen molar-refractivity contribution in [3.05, 3.63) is 58.7 Å². The first-order chi connectivity index (χ1) is 13.6. The summed E-state index contributed by atoms with van der Waals surface area (Å²) in [5.74, 6) is 2.40. The van der Waals surface area contributed by atoms with Crippen molar-refractivity contribution in [2.75, 3.05) is 28.6 Å². The Kier molecular flexibility index (Phi) is 5.29. The first-order valence-electron chi connectivity index (χ1n) is 9.11. The highest BCUT2D eigenvalue weighted by Gasteiger charge is 2.15. The van der Waals surface area contributed by atoms with E-state index >= 15 is 0 Å². The summed E-state index contributed by atoms with van der Waals surface area (Å²) in [6, 6.07) is 12.7. The van der Waals surface area contributed by atoms with Crippen molar-refractivity contribution >= 4 is 44.8 Å². The summed E-state index contributed by atoms with van der Waals surface area (Å²) in [5.41, 5.74) is 1.56. The van der Waals surface area contributed by atoms with Gasteiger partial charge in [0, 0.05) is 30.5 Å². The van der Waals surface area contributed by atoms with Crippen LogP contribution in [0.3, 0.4) is 0 Å². The third-order valence-electron chi connectivity index (χ3n) is 4.47. The molecule has 0 spiro atoms. The lowest BCUT2D eigenvalue weighted by Gasteiger charge is -2.18. The first kappa shape index (κ1) is 18.5. The number of rotatable bonds is 5. The lowest BCUT2D eigenvalue weighted by Crippen LogP contribution is -2.19. The second-order valence-corrected chi connectivity index (χ2v) is 7.39. The zero-order valence-corrected chi connectivity index (χ0v) is 17.0. The highest BCUT2D eigenvalue weighted by atomic mass is 79.9. The molecule has 1 aromatic carbocycles. The zero-order valence-electron chi connectivity index (χ0n) is 15.4. The number of nitrogens with one attached hydrogen (secondary N) is 2. The Morgan fingerprint density at radius 2 is 1.79 bits per heavy atom. The largest absolute Gasteiger partial charge is 0.444 e. The Hall–Kier alpha value is -2.87. The number of aromatic nitrogens is 2. The average Bonchev–Trinajstić information content (AvgIpc) is 3.35. The number of amides is 1. The highest BCUT2D eigenvalue weighted by Crippen LogP contribution is 2.24. The quantitative estimate of drug-likeness (QED) is 0.594. The molecule has 1 aliphatic heterocycles. The molecule has 8 heteroatoms. The summed E-state index contributed by atoms with van der Waals surface area (Å²) in [6.45, 7) is 3.98. The Bertz CT molecular complexity index is 981. The number of benzene rings is 1. The SMILES string of the molecule is Cc1nc(Nc2ccc(NC(=O)c3ccc(Br)o3)cc2)cc(N2CCCC2)n1. The minimum absolute atomic E-state index is 0.250. The molecular formula is C20H20BrN5O2. The fourth-order valence-corrected chi connectivity index (χ4v) is 3.44. The van der Waals surface area contributed by atoms with E-state index in [2.05, 4.69) is 41.4 Å². The van der Waals surface area contributed by atoms with Crippen LogP contribution >= 0.6 is 15.9 Å². The molecule has 28 heavy (non-hydrogen) atoms. The molecule has 0 bridgehead atoms. The Balaban J connectivity index is 1.43. The maximum absolute atomic E-state index is 12.1. The van der Waals surface area contributed by atoms with E-state index in [1.165, 1.54) is 12.8 Å². The zero-order chi connectivity index (χ0) is 19.5. The number of carbonyl (C=O) groups excluding carboxylic acids is 1. The molecule has 0 atom stereocenters. The Morgan fingerprint density at radius 1 is 1.07 bits per heavy atom. The second-order valence-electron chi connectivity index (χ2n) is 6.61. The van der Waals surface area contributed by atoms with Crippen molar-refractivity contribution in [3.63, 3.8) is 0 Å². The van der Waals surface area contributed by atoms with Crippen molar-refractivity contribution in [1.29, 1.82) is 0 Å². The van der Waals surface area contributed by atoms with E-state index in [0.29, 0.717) is 10.4 Å². The maximum atomic E-state index is 12.1. The molecule has 144 valence electrons. The monoisotopic (exact) mass is 441 g/mol. The summed E-state index contributed by atoms with van der Waals surface area (Å²) in [5, 5.41) is 6.11. The molecule has 7 nitrogen and oxygen atoms in total. The third kappa shape index (κ3) is 4.33. The van der Waals surface area contributed by atoms with Gasteiger partial charge in [0.15, 0.2) is 10.4 Å². The maximum Gasteiger partial charge on any atom is 0.291 e. The molecular weight excluding hydrogens is 422 g/mol. The number of nitrogens with zero attached hydrogens (tertiary/aromatic N) is 3. The summed E-state index contributed by atoms with van der Waals surface area (Å²) in [7, 11) is 0. The van der Waals surface area contributed by atoms with E-state index in [-0.39, 0.29) is 11.7 Å². The molecule has 0 radical (unpaired) electrons. The highest BCUT2D eigenvalue weighted by molar-refractivity contribution is 9.10. The van der Waals surface area contributed by atoms with Crippen LogP contribution in [0.5, 0.6) is 0 Å². The number of furan rings is 1. The normalized spacial score (nSPS) is 13.6. The van der Waals surface area contributed by atoms with Crippen molar-refractivity contribution in [2.45, 2.75) is 19.8 Å². The van der Waals surface area contributed by atoms with Gasteiger partial charge < -0.3 is 20.0 Å². The molecule has 1 saturated heterocycles. The minimum atomic E-state index is -0.298. The van der Waals surface area contributed by atoms with Crippen LogP contribution in [-0.2, 0) is 0 Å². The van der Waals surface area contributed by atoms with Crippen molar-refractivity contribution < 1.29 is 9.21 Å². The van der Waals surface area contributed by atoms with Crippen LogP contribution in [0.15, 0.2) is 51.6 Å². The minimum Gasteiger partial charge on any atom is -0.444 e. The molecule has 1 fully saturated rings. The van der Waals surface area contributed by atoms with Crippen LogP contribution in [0.25, 0.3) is 0 Å². The van der Waals surface area contributed by atoms with E-state index < -0.39 is 0 Å². The topological polar surface area (TPSA) is 83.3 Å². The standard InChI is InChI=1S/C20H20BrN5O2/c1-13-22-18(12-19(23-13)26-10-2-3-11-26)24-14-4-6-15(7-5-14)25-20(27)16-8-9-17(21)28-16/h4-9,12H,2-3,10-11H2,1H3,(H,25,27)(H,22,23,24). The smallest absolute Gasteiger partial charge is 0.291 e. The second kappa shape index (κ2) is 8.02. The summed E-state index contributed by atoms with van der Waals surface area (Å²) < 4.78 is 5.78. The van der Waals surface area contributed by atoms with Gasteiger partial charge in [-0.05, 0) is 72.1 Å². The first-order valence-corrected chi connectivity index (χ1v) is 9.90. The average molecular weight is 442 g/mol. The summed E-state index contributed by atoms with van der Waals surface area (Å²) in [4.78, 5) is 23.5. The van der Waals surface area contributed by atoms with Gasteiger partial charge in [0.25, 0.3) is 5.91 Å². The van der Waals surface area contributed by atoms with Gasteiger partial charge in [-0.25, -0.2) is 9.97 Å². The molecule has 2 aromatic heterocycles. The summed E-state index contributed by atoms with van der Waals surface area (Å²) in [6.07, 6.45) is 2.40. The van der Waals surface area contributed by atoms with Gasteiger partial charge in [0.1, 0.15) is 17.5 Å². The third-order valence-corrected chi connectivity index (χ3v) is 4.89. The predicted octanol–water partition coefficient (Wildman–Crippen LogP) is 4.74. The number of halogens is 1. The van der Waals surface area contributed by atoms with E-state index in [1.54, 1.807) is 12.1 Å². The van der Waals surface area contributed by atoms with Gasteiger partial charge in [-0.3, -0.25) is 4.79 Å². The fraction of sp³-hybridized carbons (Fsp3) is 0.250. The summed E-state index contributed by atoms with van der Waals surface area (Å²) >= 11 is 3.19. The molecule has 0 aliphatic carbocycles. The van der Waals surface area contributed by atoms with Gasteiger partial charge in [0.05, 0.1) is 0 Å². The van der Waals surface area contributed by atoms with Crippen LogP contribution in [0.4, 0.5) is 23.0 Å². The van der Waals surface area contributed by atoms with Crippen LogP contribution in [0, 0.1) is 6.92 Å². The molecule has 2 N–H and O–H groups in total.